The Morgan fingerprint density at radius 1 is 1.15 bits per heavy atom. The van der Waals surface area contributed by atoms with Crippen molar-refractivity contribution >= 4 is 0 Å². The molecule has 0 aliphatic heterocycles. The van der Waals surface area contributed by atoms with Crippen LogP contribution in [0.5, 0.6) is 0 Å². The average molecular weight is 196 g/mol. The number of rotatable bonds is 0. The number of alkyl halides is 3. The van der Waals surface area contributed by atoms with Gasteiger partial charge in [-0.15, -0.1) is 0 Å². The summed E-state index contributed by atoms with van der Waals surface area (Å²) in [6.07, 6.45) is -4.91. The molecule has 1 fully saturated rings. The van der Waals surface area contributed by atoms with Crippen molar-refractivity contribution in [3.63, 3.8) is 0 Å². The van der Waals surface area contributed by atoms with E-state index in [1.807, 2.05) is 6.92 Å². The number of aliphatic hydroxyl groups excluding tert-OH is 1. The fourth-order valence-corrected chi connectivity index (χ4v) is 1.91. The van der Waals surface area contributed by atoms with Crippen molar-refractivity contribution in [2.45, 2.75) is 39.0 Å². The molecule has 1 aliphatic carbocycles. The second kappa shape index (κ2) is 3.48. The lowest BCUT2D eigenvalue weighted by Gasteiger charge is -2.36. The first kappa shape index (κ1) is 10.8. The van der Waals surface area contributed by atoms with Crippen LogP contribution in [-0.2, 0) is 0 Å². The SMILES string of the molecule is CC1CC(C(F)(F)F)CC(O)C1C. The van der Waals surface area contributed by atoms with Crippen LogP contribution in [-0.4, -0.2) is 17.4 Å². The zero-order valence-electron chi connectivity index (χ0n) is 7.80. The van der Waals surface area contributed by atoms with E-state index in [-0.39, 0.29) is 24.7 Å². The summed E-state index contributed by atoms with van der Waals surface area (Å²) in [4.78, 5) is 0. The van der Waals surface area contributed by atoms with Crippen LogP contribution in [0, 0.1) is 17.8 Å². The van der Waals surface area contributed by atoms with Crippen LogP contribution in [0.2, 0.25) is 0 Å². The van der Waals surface area contributed by atoms with Gasteiger partial charge in [-0.1, -0.05) is 13.8 Å². The van der Waals surface area contributed by atoms with E-state index in [2.05, 4.69) is 0 Å². The molecule has 0 heterocycles. The van der Waals surface area contributed by atoms with Gasteiger partial charge in [-0.2, -0.15) is 13.2 Å². The van der Waals surface area contributed by atoms with Crippen molar-refractivity contribution in [1.29, 1.82) is 0 Å². The van der Waals surface area contributed by atoms with Crippen LogP contribution in [0.4, 0.5) is 13.2 Å². The van der Waals surface area contributed by atoms with Crippen LogP contribution >= 0.6 is 0 Å². The van der Waals surface area contributed by atoms with Gasteiger partial charge >= 0.3 is 6.18 Å². The minimum absolute atomic E-state index is 0.0152. The summed E-state index contributed by atoms with van der Waals surface area (Å²) < 4.78 is 36.9. The molecular formula is C9H15F3O. The molecule has 4 atom stereocenters. The van der Waals surface area contributed by atoms with Crippen molar-refractivity contribution < 1.29 is 18.3 Å². The van der Waals surface area contributed by atoms with Crippen molar-refractivity contribution in [3.8, 4) is 0 Å². The van der Waals surface area contributed by atoms with Crippen molar-refractivity contribution in [2.75, 3.05) is 0 Å². The summed E-state index contributed by atoms with van der Waals surface area (Å²) in [5, 5.41) is 9.38. The maximum absolute atomic E-state index is 12.3. The minimum Gasteiger partial charge on any atom is -0.393 e. The van der Waals surface area contributed by atoms with Gasteiger partial charge in [0.2, 0.25) is 0 Å². The van der Waals surface area contributed by atoms with Gasteiger partial charge in [0.15, 0.2) is 0 Å². The molecule has 4 heteroatoms. The summed E-state index contributed by atoms with van der Waals surface area (Å²) in [5.74, 6) is -1.37. The summed E-state index contributed by atoms with van der Waals surface area (Å²) >= 11 is 0. The molecule has 78 valence electrons. The van der Waals surface area contributed by atoms with Crippen LogP contribution in [0.25, 0.3) is 0 Å². The molecule has 1 rings (SSSR count). The summed E-state index contributed by atoms with van der Waals surface area (Å²) in [5.41, 5.74) is 0. The smallest absolute Gasteiger partial charge is 0.391 e. The Hall–Kier alpha value is -0.250. The monoisotopic (exact) mass is 196 g/mol. The first-order chi connectivity index (χ1) is 5.82. The Kier molecular flexibility index (Phi) is 2.90. The minimum atomic E-state index is -4.14. The van der Waals surface area contributed by atoms with Gasteiger partial charge < -0.3 is 5.11 Å². The highest BCUT2D eigenvalue weighted by molar-refractivity contribution is 4.84. The largest absolute Gasteiger partial charge is 0.393 e. The van der Waals surface area contributed by atoms with Crippen molar-refractivity contribution in [2.24, 2.45) is 17.8 Å². The Morgan fingerprint density at radius 2 is 1.69 bits per heavy atom. The average Bonchev–Trinajstić information content (AvgIpc) is 1.97. The van der Waals surface area contributed by atoms with Gasteiger partial charge in [-0.3, -0.25) is 0 Å². The molecule has 0 radical (unpaired) electrons. The van der Waals surface area contributed by atoms with Crippen LogP contribution in [0.15, 0.2) is 0 Å². The van der Waals surface area contributed by atoms with E-state index in [4.69, 9.17) is 0 Å². The van der Waals surface area contributed by atoms with Gasteiger partial charge in [0, 0.05) is 0 Å². The van der Waals surface area contributed by atoms with Crippen molar-refractivity contribution in [3.05, 3.63) is 0 Å². The third-order valence-corrected chi connectivity index (χ3v) is 3.15. The molecule has 1 saturated carbocycles. The van der Waals surface area contributed by atoms with Gasteiger partial charge in [0.25, 0.3) is 0 Å². The van der Waals surface area contributed by atoms with E-state index in [1.54, 1.807) is 6.92 Å². The fourth-order valence-electron chi connectivity index (χ4n) is 1.91. The third kappa shape index (κ3) is 2.36. The van der Waals surface area contributed by atoms with E-state index >= 15 is 0 Å². The number of halogens is 3. The topological polar surface area (TPSA) is 20.2 Å². The Morgan fingerprint density at radius 3 is 2.08 bits per heavy atom. The predicted molar refractivity (Wildman–Crippen MR) is 43.1 cm³/mol. The molecule has 0 aromatic rings. The van der Waals surface area contributed by atoms with Crippen LogP contribution < -0.4 is 0 Å². The van der Waals surface area contributed by atoms with E-state index < -0.39 is 18.2 Å². The highest BCUT2D eigenvalue weighted by Crippen LogP contribution is 2.42. The molecule has 0 aromatic heterocycles. The number of aliphatic hydroxyl groups is 1. The molecular weight excluding hydrogens is 181 g/mol. The molecule has 0 saturated heterocycles. The lowest BCUT2D eigenvalue weighted by atomic mass is 9.74. The normalized spacial score (nSPS) is 42.0. The van der Waals surface area contributed by atoms with E-state index in [9.17, 15) is 18.3 Å². The third-order valence-electron chi connectivity index (χ3n) is 3.15. The summed E-state index contributed by atoms with van der Waals surface area (Å²) in [7, 11) is 0. The Labute approximate surface area is 75.9 Å². The highest BCUT2D eigenvalue weighted by atomic mass is 19.4. The quantitative estimate of drug-likeness (QED) is 0.631. The fraction of sp³-hybridized carbons (Fsp3) is 1.00. The molecule has 0 spiro atoms. The zero-order chi connectivity index (χ0) is 10.2. The first-order valence-corrected chi connectivity index (χ1v) is 4.57. The second-order valence-corrected chi connectivity index (χ2v) is 4.11. The van der Waals surface area contributed by atoms with Gasteiger partial charge in [0.05, 0.1) is 12.0 Å². The van der Waals surface area contributed by atoms with Crippen molar-refractivity contribution in [1.82, 2.24) is 0 Å². The summed E-state index contributed by atoms with van der Waals surface area (Å²) in [6, 6.07) is 0. The van der Waals surface area contributed by atoms with Crippen LogP contribution in [0.1, 0.15) is 26.7 Å². The molecule has 4 unspecified atom stereocenters. The van der Waals surface area contributed by atoms with Gasteiger partial charge in [-0.05, 0) is 24.7 Å². The highest BCUT2D eigenvalue weighted by Gasteiger charge is 2.45. The van der Waals surface area contributed by atoms with E-state index in [0.29, 0.717) is 0 Å². The zero-order valence-corrected chi connectivity index (χ0v) is 7.80. The second-order valence-electron chi connectivity index (χ2n) is 4.11. The Balaban J connectivity index is 2.64. The van der Waals surface area contributed by atoms with E-state index in [0.717, 1.165) is 0 Å². The molecule has 13 heavy (non-hydrogen) atoms. The Bertz CT molecular complexity index is 166. The maximum Gasteiger partial charge on any atom is 0.391 e. The summed E-state index contributed by atoms with van der Waals surface area (Å²) in [6.45, 7) is 3.58. The molecule has 1 N–H and O–H groups in total. The maximum atomic E-state index is 12.3. The molecule has 0 aromatic carbocycles. The lowest BCUT2D eigenvalue weighted by Crippen LogP contribution is -2.39. The molecule has 1 nitrogen and oxygen atoms in total. The van der Waals surface area contributed by atoms with Gasteiger partial charge in [0.1, 0.15) is 0 Å². The first-order valence-electron chi connectivity index (χ1n) is 4.57. The number of hydrogen-bond donors (Lipinski definition) is 1. The lowest BCUT2D eigenvalue weighted by molar-refractivity contribution is -0.199. The molecule has 1 aliphatic rings. The number of hydrogen-bond acceptors (Lipinski definition) is 1. The van der Waals surface area contributed by atoms with Gasteiger partial charge in [-0.25, -0.2) is 0 Å². The predicted octanol–water partition coefficient (Wildman–Crippen LogP) is 2.59. The molecule has 0 bridgehead atoms. The van der Waals surface area contributed by atoms with E-state index in [1.165, 1.54) is 0 Å². The molecule has 0 amide bonds. The standard InChI is InChI=1S/C9H15F3O/c1-5-3-7(9(10,11)12)4-8(13)6(5)2/h5-8,13H,3-4H2,1-2H3. The van der Waals surface area contributed by atoms with Crippen LogP contribution in [0.3, 0.4) is 0 Å².